The maximum atomic E-state index is 11.9. The lowest BCUT2D eigenvalue weighted by Gasteiger charge is -2.07. The van der Waals surface area contributed by atoms with E-state index in [0.717, 1.165) is 0 Å². The summed E-state index contributed by atoms with van der Waals surface area (Å²) in [5.74, 6) is -2.16. The largest absolute Gasteiger partial charge is 0.497 e. The first kappa shape index (κ1) is 16.0. The van der Waals surface area contributed by atoms with E-state index in [1.54, 1.807) is 36.4 Å². The van der Waals surface area contributed by atoms with Crippen molar-refractivity contribution in [3.63, 3.8) is 0 Å². The summed E-state index contributed by atoms with van der Waals surface area (Å²) in [6, 6.07) is 12.6. The van der Waals surface area contributed by atoms with E-state index in [-0.39, 0.29) is 11.3 Å². The minimum absolute atomic E-state index is 0.123. The van der Waals surface area contributed by atoms with E-state index in [1.165, 1.54) is 19.2 Å². The lowest BCUT2D eigenvalue weighted by Crippen LogP contribution is -2.39. The fourth-order valence-corrected chi connectivity index (χ4v) is 1.79. The molecule has 0 aromatic heterocycles. The summed E-state index contributed by atoms with van der Waals surface area (Å²) in [7, 11) is 1.52. The second-order valence-corrected chi connectivity index (χ2v) is 4.55. The zero-order chi connectivity index (χ0) is 16.8. The van der Waals surface area contributed by atoms with Crippen molar-refractivity contribution < 1.29 is 19.1 Å². The Labute approximate surface area is 132 Å². The third kappa shape index (κ3) is 4.07. The normalized spacial score (nSPS) is 9.78. The molecule has 0 spiro atoms. The molecule has 0 aliphatic rings. The van der Waals surface area contributed by atoms with Crippen molar-refractivity contribution in [2.75, 3.05) is 18.2 Å². The van der Waals surface area contributed by atoms with Gasteiger partial charge in [-0.25, -0.2) is 0 Å². The Morgan fingerprint density at radius 3 is 2.22 bits per heavy atom. The third-order valence-electron chi connectivity index (χ3n) is 2.99. The molecule has 23 heavy (non-hydrogen) atoms. The van der Waals surface area contributed by atoms with Gasteiger partial charge in [0.1, 0.15) is 5.75 Å². The average molecular weight is 313 g/mol. The third-order valence-corrected chi connectivity index (χ3v) is 2.99. The zero-order valence-corrected chi connectivity index (χ0v) is 12.3. The number of anilines is 2. The minimum atomic E-state index is -1.07. The molecule has 0 aliphatic heterocycles. The molecule has 0 bridgehead atoms. The van der Waals surface area contributed by atoms with Crippen LogP contribution in [0.5, 0.6) is 5.75 Å². The van der Waals surface area contributed by atoms with Crippen molar-refractivity contribution in [3.05, 3.63) is 54.1 Å². The number of methoxy groups -OCH3 is 1. The summed E-state index contributed by atoms with van der Waals surface area (Å²) in [5.41, 5.74) is 6.38. The van der Waals surface area contributed by atoms with Crippen molar-refractivity contribution in [3.8, 4) is 5.75 Å². The van der Waals surface area contributed by atoms with Crippen LogP contribution in [0.25, 0.3) is 0 Å². The maximum Gasteiger partial charge on any atom is 0.316 e. The number of nitrogen functional groups attached to an aromatic ring is 1. The van der Waals surface area contributed by atoms with E-state index in [1.807, 2.05) is 5.32 Å². The zero-order valence-electron chi connectivity index (χ0n) is 12.3. The summed E-state index contributed by atoms with van der Waals surface area (Å²) in [6.07, 6.45) is 0. The van der Waals surface area contributed by atoms with Gasteiger partial charge in [-0.3, -0.25) is 19.7 Å². The van der Waals surface area contributed by atoms with Gasteiger partial charge in [0, 0.05) is 11.4 Å². The molecule has 4 N–H and O–H groups in total. The quantitative estimate of drug-likeness (QED) is 0.582. The first-order valence-corrected chi connectivity index (χ1v) is 6.66. The molecule has 0 saturated heterocycles. The standard InChI is InChI=1S/C16H15N3O4/c1-23-11-8-6-10(7-9-11)18-15(21)16(22)19-14(20)12-4-2-3-5-13(12)17/h2-9H,17H2,1H3,(H,18,21)(H,19,20,22). The van der Waals surface area contributed by atoms with E-state index < -0.39 is 17.7 Å². The van der Waals surface area contributed by atoms with Gasteiger partial charge in [0.05, 0.1) is 12.7 Å². The van der Waals surface area contributed by atoms with Gasteiger partial charge in [-0.15, -0.1) is 0 Å². The fourth-order valence-electron chi connectivity index (χ4n) is 1.79. The number of carbonyl (C=O) groups excluding carboxylic acids is 3. The monoisotopic (exact) mass is 313 g/mol. The number of hydrogen-bond donors (Lipinski definition) is 3. The highest BCUT2D eigenvalue weighted by Crippen LogP contribution is 2.15. The molecular weight excluding hydrogens is 298 g/mol. The van der Waals surface area contributed by atoms with Crippen LogP contribution < -0.4 is 21.1 Å². The highest BCUT2D eigenvalue weighted by Gasteiger charge is 2.19. The molecule has 0 radical (unpaired) electrons. The number of hydrogen-bond acceptors (Lipinski definition) is 5. The van der Waals surface area contributed by atoms with Crippen LogP contribution in [0.3, 0.4) is 0 Å². The number of carbonyl (C=O) groups is 3. The number of amides is 3. The van der Waals surface area contributed by atoms with Crippen LogP contribution in [-0.2, 0) is 9.59 Å². The number of nitrogens with one attached hydrogen (secondary N) is 2. The molecule has 0 heterocycles. The van der Waals surface area contributed by atoms with E-state index in [2.05, 4.69) is 5.32 Å². The lowest BCUT2D eigenvalue weighted by atomic mass is 10.1. The topological polar surface area (TPSA) is 111 Å². The Bertz CT molecular complexity index is 741. The Morgan fingerprint density at radius 2 is 1.61 bits per heavy atom. The van der Waals surface area contributed by atoms with Gasteiger partial charge in [-0.05, 0) is 36.4 Å². The molecule has 2 aromatic rings. The van der Waals surface area contributed by atoms with Crippen LogP contribution in [0.4, 0.5) is 11.4 Å². The number of para-hydroxylation sites is 1. The van der Waals surface area contributed by atoms with E-state index in [0.29, 0.717) is 11.4 Å². The molecule has 0 aliphatic carbocycles. The van der Waals surface area contributed by atoms with Crippen LogP contribution >= 0.6 is 0 Å². The predicted molar refractivity (Wildman–Crippen MR) is 85.0 cm³/mol. The summed E-state index contributed by atoms with van der Waals surface area (Å²) in [5, 5.41) is 4.36. The lowest BCUT2D eigenvalue weighted by molar-refractivity contribution is -0.135. The molecule has 118 valence electrons. The molecule has 7 nitrogen and oxygen atoms in total. The Kier molecular flexibility index (Phi) is 4.93. The maximum absolute atomic E-state index is 11.9. The number of imide groups is 1. The van der Waals surface area contributed by atoms with Gasteiger partial charge in [0.25, 0.3) is 5.91 Å². The molecule has 0 atom stereocenters. The SMILES string of the molecule is COc1ccc(NC(=O)C(=O)NC(=O)c2ccccc2N)cc1. The van der Waals surface area contributed by atoms with Crippen LogP contribution in [0.1, 0.15) is 10.4 Å². The van der Waals surface area contributed by atoms with Gasteiger partial charge in [-0.2, -0.15) is 0 Å². The summed E-state index contributed by atoms with van der Waals surface area (Å²) in [4.78, 5) is 35.4. The average Bonchev–Trinajstić information content (AvgIpc) is 2.55. The smallest absolute Gasteiger partial charge is 0.316 e. The van der Waals surface area contributed by atoms with Gasteiger partial charge in [-0.1, -0.05) is 12.1 Å². The van der Waals surface area contributed by atoms with Crippen molar-refractivity contribution in [1.29, 1.82) is 0 Å². The number of benzene rings is 2. The van der Waals surface area contributed by atoms with Gasteiger partial charge >= 0.3 is 11.8 Å². The van der Waals surface area contributed by atoms with E-state index in [4.69, 9.17) is 10.5 Å². The summed E-state index contributed by atoms with van der Waals surface area (Å²) in [6.45, 7) is 0. The van der Waals surface area contributed by atoms with Crippen molar-refractivity contribution in [1.82, 2.24) is 5.32 Å². The summed E-state index contributed by atoms with van der Waals surface area (Å²) >= 11 is 0. The first-order valence-electron chi connectivity index (χ1n) is 6.66. The molecular formula is C16H15N3O4. The fraction of sp³-hybridized carbons (Fsp3) is 0.0625. The first-order chi connectivity index (χ1) is 11.0. The highest BCUT2D eigenvalue weighted by molar-refractivity contribution is 6.42. The van der Waals surface area contributed by atoms with Gasteiger partial charge in [0.2, 0.25) is 0 Å². The Morgan fingerprint density at radius 1 is 0.957 bits per heavy atom. The number of rotatable bonds is 3. The van der Waals surface area contributed by atoms with Gasteiger partial charge < -0.3 is 15.8 Å². The number of nitrogens with two attached hydrogens (primary N) is 1. The molecule has 0 unspecified atom stereocenters. The van der Waals surface area contributed by atoms with Crippen molar-refractivity contribution in [2.45, 2.75) is 0 Å². The second kappa shape index (κ2) is 7.08. The molecule has 3 amide bonds. The predicted octanol–water partition coefficient (Wildman–Crippen LogP) is 1.17. The molecule has 2 rings (SSSR count). The van der Waals surface area contributed by atoms with Crippen LogP contribution in [-0.4, -0.2) is 24.8 Å². The van der Waals surface area contributed by atoms with Crippen molar-refractivity contribution in [2.24, 2.45) is 0 Å². The molecule has 2 aromatic carbocycles. The molecule has 7 heteroatoms. The van der Waals surface area contributed by atoms with Crippen molar-refractivity contribution >= 4 is 29.1 Å². The Hall–Kier alpha value is -3.35. The molecule has 0 fully saturated rings. The number of ether oxygens (including phenoxy) is 1. The highest BCUT2D eigenvalue weighted by atomic mass is 16.5. The van der Waals surface area contributed by atoms with E-state index in [9.17, 15) is 14.4 Å². The van der Waals surface area contributed by atoms with E-state index >= 15 is 0 Å². The summed E-state index contributed by atoms with van der Waals surface area (Å²) < 4.78 is 4.99. The van der Waals surface area contributed by atoms with Crippen LogP contribution in [0.2, 0.25) is 0 Å². The van der Waals surface area contributed by atoms with Gasteiger partial charge in [0.15, 0.2) is 0 Å². The minimum Gasteiger partial charge on any atom is -0.497 e. The Balaban J connectivity index is 1.98. The molecule has 0 saturated carbocycles. The van der Waals surface area contributed by atoms with Crippen LogP contribution in [0, 0.1) is 0 Å². The second-order valence-electron chi connectivity index (χ2n) is 4.55. The van der Waals surface area contributed by atoms with Crippen LogP contribution in [0.15, 0.2) is 48.5 Å².